The molecule has 3 atom stereocenters. The number of benzene rings is 2. The Bertz CT molecular complexity index is 791. The van der Waals surface area contributed by atoms with Crippen molar-refractivity contribution in [1.29, 1.82) is 0 Å². The van der Waals surface area contributed by atoms with Crippen molar-refractivity contribution >= 4 is 28.5 Å². The first kappa shape index (κ1) is 19.5. The van der Waals surface area contributed by atoms with Crippen LogP contribution in [0.3, 0.4) is 0 Å². The SMILES string of the molecule is CCSC(=O)[C@H]1[C@H](C)CC(=O)N(c2ccc(OC)cc2)[C@@H]1c1ccccc1. The van der Waals surface area contributed by atoms with Crippen molar-refractivity contribution in [1.82, 2.24) is 0 Å². The Morgan fingerprint density at radius 1 is 1.15 bits per heavy atom. The summed E-state index contributed by atoms with van der Waals surface area (Å²) < 4.78 is 5.24. The minimum atomic E-state index is -0.303. The van der Waals surface area contributed by atoms with Crippen LogP contribution in [0.1, 0.15) is 31.9 Å². The number of hydrogen-bond acceptors (Lipinski definition) is 4. The molecule has 2 aromatic carbocycles. The fourth-order valence-corrected chi connectivity index (χ4v) is 4.62. The first-order valence-corrected chi connectivity index (χ1v) is 10.2. The van der Waals surface area contributed by atoms with Crippen molar-refractivity contribution in [2.45, 2.75) is 26.3 Å². The highest BCUT2D eigenvalue weighted by Gasteiger charge is 2.45. The topological polar surface area (TPSA) is 46.6 Å². The van der Waals surface area contributed by atoms with Gasteiger partial charge in [-0.2, -0.15) is 0 Å². The molecule has 0 radical (unpaired) electrons. The van der Waals surface area contributed by atoms with E-state index in [1.807, 2.05) is 68.4 Å². The van der Waals surface area contributed by atoms with Gasteiger partial charge in [0, 0.05) is 12.1 Å². The van der Waals surface area contributed by atoms with Crippen LogP contribution in [0.4, 0.5) is 5.69 Å². The third-order valence-electron chi connectivity index (χ3n) is 5.05. The molecule has 1 aliphatic rings. The highest BCUT2D eigenvalue weighted by Crippen LogP contribution is 2.44. The largest absolute Gasteiger partial charge is 0.497 e. The van der Waals surface area contributed by atoms with E-state index in [-0.39, 0.29) is 28.9 Å². The summed E-state index contributed by atoms with van der Waals surface area (Å²) in [7, 11) is 1.62. The Morgan fingerprint density at radius 3 is 2.41 bits per heavy atom. The van der Waals surface area contributed by atoms with Gasteiger partial charge in [-0.1, -0.05) is 55.9 Å². The van der Waals surface area contributed by atoms with Crippen molar-refractivity contribution < 1.29 is 14.3 Å². The first-order valence-electron chi connectivity index (χ1n) is 9.24. The molecule has 0 unspecified atom stereocenters. The molecule has 0 bridgehead atoms. The number of anilines is 1. The van der Waals surface area contributed by atoms with E-state index in [0.717, 1.165) is 22.8 Å². The molecule has 5 heteroatoms. The maximum absolute atomic E-state index is 13.0. The van der Waals surface area contributed by atoms with Crippen molar-refractivity contribution in [3.05, 3.63) is 60.2 Å². The van der Waals surface area contributed by atoms with E-state index >= 15 is 0 Å². The van der Waals surface area contributed by atoms with E-state index < -0.39 is 0 Å². The fourth-order valence-electron chi connectivity index (χ4n) is 3.78. The molecule has 27 heavy (non-hydrogen) atoms. The van der Waals surface area contributed by atoms with Gasteiger partial charge in [-0.3, -0.25) is 9.59 Å². The lowest BCUT2D eigenvalue weighted by Gasteiger charge is -2.43. The lowest BCUT2D eigenvalue weighted by Crippen LogP contribution is -2.48. The van der Waals surface area contributed by atoms with Crippen LogP contribution in [0.2, 0.25) is 0 Å². The minimum Gasteiger partial charge on any atom is -0.497 e. The maximum Gasteiger partial charge on any atom is 0.227 e. The van der Waals surface area contributed by atoms with Gasteiger partial charge in [0.1, 0.15) is 5.75 Å². The van der Waals surface area contributed by atoms with Crippen molar-refractivity contribution in [2.24, 2.45) is 11.8 Å². The molecule has 3 rings (SSSR count). The number of amides is 1. The monoisotopic (exact) mass is 383 g/mol. The zero-order valence-electron chi connectivity index (χ0n) is 15.9. The quantitative estimate of drug-likeness (QED) is 0.750. The number of carbonyl (C=O) groups excluding carboxylic acids is 2. The predicted octanol–water partition coefficient (Wildman–Crippen LogP) is 4.71. The standard InChI is InChI=1S/C22H25NO3S/c1-4-27-22(25)20-15(2)14-19(24)23(17-10-12-18(26-3)13-11-17)21(20)16-8-6-5-7-9-16/h5-13,15,20-21H,4,14H2,1-3H3/t15-,20+,21-/m1/s1. The van der Waals surface area contributed by atoms with Gasteiger partial charge < -0.3 is 9.64 Å². The van der Waals surface area contributed by atoms with E-state index in [2.05, 4.69) is 0 Å². The third-order valence-corrected chi connectivity index (χ3v) is 5.89. The van der Waals surface area contributed by atoms with Gasteiger partial charge in [0.05, 0.1) is 19.1 Å². The zero-order chi connectivity index (χ0) is 19.4. The summed E-state index contributed by atoms with van der Waals surface area (Å²) in [5, 5.41) is 0.157. The van der Waals surface area contributed by atoms with Crippen LogP contribution in [0.25, 0.3) is 0 Å². The van der Waals surface area contributed by atoms with Crippen LogP contribution in [0.15, 0.2) is 54.6 Å². The minimum absolute atomic E-state index is 0.00348. The number of ether oxygens (including phenoxy) is 1. The van der Waals surface area contributed by atoms with Crippen LogP contribution in [-0.4, -0.2) is 23.9 Å². The summed E-state index contributed by atoms with van der Waals surface area (Å²) in [6.45, 7) is 4.00. The van der Waals surface area contributed by atoms with Gasteiger partial charge in [0.25, 0.3) is 0 Å². The summed E-state index contributed by atoms with van der Waals surface area (Å²) in [5.41, 5.74) is 1.78. The zero-order valence-corrected chi connectivity index (χ0v) is 16.7. The molecule has 1 saturated heterocycles. The molecule has 142 valence electrons. The molecular formula is C22H25NO3S. The second kappa shape index (κ2) is 8.61. The molecule has 0 N–H and O–H groups in total. The van der Waals surface area contributed by atoms with Crippen LogP contribution in [0.5, 0.6) is 5.75 Å². The lowest BCUT2D eigenvalue weighted by atomic mass is 9.77. The summed E-state index contributed by atoms with van der Waals surface area (Å²) >= 11 is 1.35. The van der Waals surface area contributed by atoms with E-state index in [1.54, 1.807) is 12.0 Å². The average Bonchev–Trinajstić information content (AvgIpc) is 2.68. The summed E-state index contributed by atoms with van der Waals surface area (Å²) in [6.07, 6.45) is 0.371. The predicted molar refractivity (Wildman–Crippen MR) is 110 cm³/mol. The van der Waals surface area contributed by atoms with Crippen LogP contribution < -0.4 is 9.64 Å². The molecule has 0 aromatic heterocycles. The second-order valence-electron chi connectivity index (χ2n) is 6.78. The molecule has 4 nitrogen and oxygen atoms in total. The Labute approximate surface area is 164 Å². The molecule has 1 aliphatic heterocycles. The van der Waals surface area contributed by atoms with Gasteiger partial charge in [-0.25, -0.2) is 0 Å². The molecule has 2 aromatic rings. The van der Waals surface area contributed by atoms with Gasteiger partial charge in [0.2, 0.25) is 5.91 Å². The Morgan fingerprint density at radius 2 is 1.81 bits per heavy atom. The number of rotatable bonds is 5. The normalized spacial score (nSPS) is 22.6. The highest BCUT2D eigenvalue weighted by atomic mass is 32.2. The van der Waals surface area contributed by atoms with Gasteiger partial charge in [-0.05, 0) is 41.5 Å². The summed E-state index contributed by atoms with van der Waals surface area (Å²) in [4.78, 5) is 27.8. The fraction of sp³-hybridized carbons (Fsp3) is 0.364. The van der Waals surface area contributed by atoms with E-state index in [4.69, 9.17) is 4.74 Å². The molecule has 0 saturated carbocycles. The number of nitrogens with zero attached hydrogens (tertiary/aromatic N) is 1. The van der Waals surface area contributed by atoms with Gasteiger partial charge in [-0.15, -0.1) is 0 Å². The van der Waals surface area contributed by atoms with E-state index in [9.17, 15) is 9.59 Å². The second-order valence-corrected chi connectivity index (χ2v) is 8.04. The first-order chi connectivity index (χ1) is 13.1. The molecule has 1 fully saturated rings. The Hall–Kier alpha value is -2.27. The third kappa shape index (κ3) is 4.03. The van der Waals surface area contributed by atoms with Gasteiger partial charge in [0.15, 0.2) is 5.12 Å². The molecule has 0 spiro atoms. The summed E-state index contributed by atoms with van der Waals surface area (Å²) in [5.74, 6) is 1.29. The number of hydrogen-bond donors (Lipinski definition) is 0. The van der Waals surface area contributed by atoms with Crippen molar-refractivity contribution in [3.8, 4) is 5.75 Å². The summed E-state index contributed by atoms with van der Waals surface area (Å²) in [6, 6.07) is 17.0. The van der Waals surface area contributed by atoms with Gasteiger partial charge >= 0.3 is 0 Å². The number of thioether (sulfide) groups is 1. The average molecular weight is 384 g/mol. The van der Waals surface area contributed by atoms with Crippen molar-refractivity contribution in [2.75, 3.05) is 17.8 Å². The molecular weight excluding hydrogens is 358 g/mol. The number of methoxy groups -OCH3 is 1. The van der Waals surface area contributed by atoms with Crippen LogP contribution in [0, 0.1) is 11.8 Å². The van der Waals surface area contributed by atoms with Crippen LogP contribution >= 0.6 is 11.8 Å². The van der Waals surface area contributed by atoms with E-state index in [1.165, 1.54) is 11.8 Å². The number of carbonyl (C=O) groups is 2. The lowest BCUT2D eigenvalue weighted by molar-refractivity contribution is -0.126. The Balaban J connectivity index is 2.09. The molecule has 1 heterocycles. The number of piperidine rings is 1. The van der Waals surface area contributed by atoms with Crippen LogP contribution in [-0.2, 0) is 9.59 Å². The maximum atomic E-state index is 13.0. The van der Waals surface area contributed by atoms with Crippen molar-refractivity contribution in [3.63, 3.8) is 0 Å². The Kier molecular flexibility index (Phi) is 6.22. The molecule has 1 amide bonds. The highest BCUT2D eigenvalue weighted by molar-refractivity contribution is 8.13. The van der Waals surface area contributed by atoms with E-state index in [0.29, 0.717) is 6.42 Å². The smallest absolute Gasteiger partial charge is 0.227 e. The molecule has 0 aliphatic carbocycles.